The lowest BCUT2D eigenvalue weighted by atomic mass is 9.95. The molecule has 0 saturated carbocycles. The van der Waals surface area contributed by atoms with Crippen LogP contribution in [0.2, 0.25) is 5.02 Å². The highest BCUT2D eigenvalue weighted by atomic mass is 35.5. The Morgan fingerprint density at radius 1 is 1.00 bits per heavy atom. The molecule has 0 unspecified atom stereocenters. The Morgan fingerprint density at radius 2 is 1.64 bits per heavy atom. The number of likely N-dealkylation sites (tertiary alicyclic amines) is 1. The minimum atomic E-state index is -0.00720. The van der Waals surface area contributed by atoms with Gasteiger partial charge in [-0.3, -0.25) is 9.59 Å². The van der Waals surface area contributed by atoms with Gasteiger partial charge in [-0.1, -0.05) is 23.7 Å². The molecule has 0 atom stereocenters. The number of benzene rings is 1. The Hall–Kier alpha value is -1.85. The molecule has 2 heterocycles. The first-order valence-corrected chi connectivity index (χ1v) is 9.10. The summed E-state index contributed by atoms with van der Waals surface area (Å²) in [5.41, 5.74) is 0.940. The molecular weight excluding hydrogens is 340 g/mol. The normalized spacial score (nSPS) is 19.4. The number of rotatable bonds is 3. The largest absolute Gasteiger partial charge is 0.378 e. The van der Waals surface area contributed by atoms with Crippen LogP contribution < -0.4 is 0 Å². The van der Waals surface area contributed by atoms with Gasteiger partial charge in [0.25, 0.3) is 0 Å². The van der Waals surface area contributed by atoms with Crippen LogP contribution in [0.4, 0.5) is 0 Å². The third-order valence-electron chi connectivity index (χ3n) is 4.77. The van der Waals surface area contributed by atoms with Crippen molar-refractivity contribution >= 4 is 29.5 Å². The molecule has 2 amide bonds. The molecule has 0 bridgehead atoms. The summed E-state index contributed by atoms with van der Waals surface area (Å²) in [6.07, 6.45) is 4.85. The van der Waals surface area contributed by atoms with Crippen molar-refractivity contribution in [3.05, 3.63) is 40.9 Å². The topological polar surface area (TPSA) is 49.9 Å². The molecule has 2 aliphatic rings. The predicted molar refractivity (Wildman–Crippen MR) is 97.2 cm³/mol. The molecule has 5 nitrogen and oxygen atoms in total. The first kappa shape index (κ1) is 18.0. The van der Waals surface area contributed by atoms with Crippen LogP contribution in [0.15, 0.2) is 30.3 Å². The van der Waals surface area contributed by atoms with Gasteiger partial charge in [0.05, 0.1) is 13.2 Å². The quantitative estimate of drug-likeness (QED) is 0.776. The van der Waals surface area contributed by atoms with E-state index < -0.39 is 0 Å². The zero-order chi connectivity index (χ0) is 17.6. The van der Waals surface area contributed by atoms with Crippen molar-refractivity contribution in [2.45, 2.75) is 12.8 Å². The van der Waals surface area contributed by atoms with Gasteiger partial charge < -0.3 is 14.5 Å². The SMILES string of the molecule is O=C(/C=C/c1ccc(Cl)cc1)N1CCC(C(=O)N2CCOCC2)CC1. The fourth-order valence-electron chi connectivity index (χ4n) is 3.24. The molecule has 0 N–H and O–H groups in total. The second-order valence-corrected chi connectivity index (χ2v) is 6.86. The number of nitrogens with zero attached hydrogens (tertiary/aromatic N) is 2. The lowest BCUT2D eigenvalue weighted by Gasteiger charge is -2.35. The Morgan fingerprint density at radius 3 is 2.28 bits per heavy atom. The van der Waals surface area contributed by atoms with E-state index in [4.69, 9.17) is 16.3 Å². The summed E-state index contributed by atoms with van der Waals surface area (Å²) in [4.78, 5) is 28.5. The van der Waals surface area contributed by atoms with E-state index >= 15 is 0 Å². The molecule has 0 aromatic heterocycles. The van der Waals surface area contributed by atoms with Crippen LogP contribution in [-0.4, -0.2) is 61.0 Å². The first-order valence-electron chi connectivity index (χ1n) is 8.72. The Kier molecular flexibility index (Phi) is 6.10. The maximum absolute atomic E-state index is 12.5. The summed E-state index contributed by atoms with van der Waals surface area (Å²) >= 11 is 5.85. The highest BCUT2D eigenvalue weighted by molar-refractivity contribution is 6.30. The standard InChI is InChI=1S/C19H23ClN2O3/c20-17-4-1-15(2-5-17)3-6-18(23)21-9-7-16(8-10-21)19(24)22-11-13-25-14-12-22/h1-6,16H,7-14H2/b6-3+. The van der Waals surface area contributed by atoms with Gasteiger partial charge in [0.2, 0.25) is 11.8 Å². The average Bonchev–Trinajstić information content (AvgIpc) is 2.67. The van der Waals surface area contributed by atoms with E-state index in [1.165, 1.54) is 0 Å². The lowest BCUT2D eigenvalue weighted by Crippen LogP contribution is -2.47. The van der Waals surface area contributed by atoms with E-state index in [0.29, 0.717) is 44.4 Å². The minimum absolute atomic E-state index is 0.00720. The van der Waals surface area contributed by atoms with Crippen LogP contribution in [0.1, 0.15) is 18.4 Å². The van der Waals surface area contributed by atoms with Crippen LogP contribution in [0.5, 0.6) is 0 Å². The predicted octanol–water partition coefficient (Wildman–Crippen LogP) is 2.45. The summed E-state index contributed by atoms with van der Waals surface area (Å²) in [5, 5.41) is 0.676. The number of ether oxygens (including phenoxy) is 1. The van der Waals surface area contributed by atoms with Gasteiger partial charge in [-0.2, -0.15) is 0 Å². The highest BCUT2D eigenvalue weighted by Crippen LogP contribution is 2.21. The van der Waals surface area contributed by atoms with Crippen LogP contribution >= 0.6 is 11.6 Å². The highest BCUT2D eigenvalue weighted by Gasteiger charge is 2.30. The van der Waals surface area contributed by atoms with Gasteiger partial charge in [-0.05, 0) is 36.6 Å². The van der Waals surface area contributed by atoms with E-state index in [-0.39, 0.29) is 17.7 Å². The molecule has 25 heavy (non-hydrogen) atoms. The summed E-state index contributed by atoms with van der Waals surface area (Å²) in [6, 6.07) is 7.35. The number of halogens is 1. The maximum Gasteiger partial charge on any atom is 0.246 e. The summed E-state index contributed by atoms with van der Waals surface area (Å²) < 4.78 is 5.29. The molecule has 3 rings (SSSR count). The van der Waals surface area contributed by atoms with Gasteiger partial charge in [-0.15, -0.1) is 0 Å². The summed E-state index contributed by atoms with van der Waals surface area (Å²) in [5.74, 6) is 0.238. The van der Waals surface area contributed by atoms with E-state index in [0.717, 1.165) is 18.4 Å². The smallest absolute Gasteiger partial charge is 0.246 e. The summed E-state index contributed by atoms with van der Waals surface area (Å²) in [7, 11) is 0. The lowest BCUT2D eigenvalue weighted by molar-refractivity contribution is -0.142. The third kappa shape index (κ3) is 4.83. The van der Waals surface area contributed by atoms with Crippen molar-refractivity contribution in [1.82, 2.24) is 9.80 Å². The van der Waals surface area contributed by atoms with Crippen LogP contribution in [0.3, 0.4) is 0 Å². The average molecular weight is 363 g/mol. The number of piperidine rings is 1. The first-order chi connectivity index (χ1) is 12.1. The molecule has 1 aromatic carbocycles. The number of carbonyl (C=O) groups is 2. The Bertz CT molecular complexity index is 631. The van der Waals surface area contributed by atoms with Crippen molar-refractivity contribution in [3.8, 4) is 0 Å². The fraction of sp³-hybridized carbons (Fsp3) is 0.474. The van der Waals surface area contributed by atoms with Crippen LogP contribution in [0.25, 0.3) is 6.08 Å². The van der Waals surface area contributed by atoms with Crippen molar-refractivity contribution in [1.29, 1.82) is 0 Å². The molecule has 6 heteroatoms. The molecule has 2 fully saturated rings. The van der Waals surface area contributed by atoms with Gasteiger partial charge >= 0.3 is 0 Å². The number of hydrogen-bond donors (Lipinski definition) is 0. The van der Waals surface area contributed by atoms with Crippen LogP contribution in [-0.2, 0) is 14.3 Å². The van der Waals surface area contributed by atoms with E-state index in [9.17, 15) is 9.59 Å². The second-order valence-electron chi connectivity index (χ2n) is 6.42. The number of amides is 2. The maximum atomic E-state index is 12.5. The minimum Gasteiger partial charge on any atom is -0.378 e. The Labute approximate surface area is 153 Å². The Balaban J connectivity index is 1.48. The van der Waals surface area contributed by atoms with Gasteiger partial charge in [-0.25, -0.2) is 0 Å². The molecule has 0 radical (unpaired) electrons. The molecule has 0 aliphatic carbocycles. The number of carbonyl (C=O) groups excluding carboxylic acids is 2. The fourth-order valence-corrected chi connectivity index (χ4v) is 3.36. The zero-order valence-corrected chi connectivity index (χ0v) is 15.0. The molecule has 2 saturated heterocycles. The third-order valence-corrected chi connectivity index (χ3v) is 5.02. The molecular formula is C19H23ClN2O3. The van der Waals surface area contributed by atoms with Gasteiger partial charge in [0, 0.05) is 43.2 Å². The number of morpholine rings is 1. The molecule has 0 spiro atoms. The van der Waals surface area contributed by atoms with Gasteiger partial charge in [0.1, 0.15) is 0 Å². The van der Waals surface area contributed by atoms with Crippen molar-refractivity contribution in [2.75, 3.05) is 39.4 Å². The van der Waals surface area contributed by atoms with E-state index in [2.05, 4.69) is 0 Å². The van der Waals surface area contributed by atoms with E-state index in [1.807, 2.05) is 21.9 Å². The molecule has 134 valence electrons. The summed E-state index contributed by atoms with van der Waals surface area (Å²) in [6.45, 7) is 3.87. The molecule has 1 aromatic rings. The second kappa shape index (κ2) is 8.50. The zero-order valence-electron chi connectivity index (χ0n) is 14.2. The molecule has 2 aliphatic heterocycles. The monoisotopic (exact) mass is 362 g/mol. The van der Waals surface area contributed by atoms with E-state index in [1.54, 1.807) is 24.3 Å². The number of hydrogen-bond acceptors (Lipinski definition) is 3. The van der Waals surface area contributed by atoms with Gasteiger partial charge in [0.15, 0.2) is 0 Å². The van der Waals surface area contributed by atoms with Crippen LogP contribution in [0, 0.1) is 5.92 Å². The van der Waals surface area contributed by atoms with Crippen molar-refractivity contribution in [3.63, 3.8) is 0 Å². The van der Waals surface area contributed by atoms with Crippen molar-refractivity contribution in [2.24, 2.45) is 5.92 Å². The van der Waals surface area contributed by atoms with Crippen molar-refractivity contribution < 1.29 is 14.3 Å².